The zero-order valence-corrected chi connectivity index (χ0v) is 13.9. The molecule has 122 valence electrons. The number of hydrogen-bond acceptors (Lipinski definition) is 3. The fourth-order valence-electron chi connectivity index (χ4n) is 1.83. The molecular weight excluding hydrogens is 343 g/mol. The van der Waals surface area contributed by atoms with Gasteiger partial charge in [0.2, 0.25) is 10.0 Å². The van der Waals surface area contributed by atoms with Gasteiger partial charge in [-0.3, -0.25) is 4.79 Å². The molecular formula is C15H14ClFN2O3S. The maximum atomic E-state index is 13.5. The van der Waals surface area contributed by atoms with E-state index < -0.39 is 21.7 Å². The predicted octanol–water partition coefficient (Wildman–Crippen LogP) is 2.95. The number of anilines is 1. The third kappa shape index (κ3) is 3.87. The second-order valence-electron chi connectivity index (χ2n) is 4.77. The maximum absolute atomic E-state index is 13.5. The molecule has 1 amide bonds. The standard InChI is InChI=1S/C15H14ClFN2O3S/c1-9-3-4-10(7-14(9)17)19-15(20)12-8-11(5-6-13(12)16)23(21,22)18-2/h3-8,18H,1-2H3,(H,19,20). The predicted molar refractivity (Wildman–Crippen MR) is 86.8 cm³/mol. The number of nitrogens with one attached hydrogen (secondary N) is 2. The van der Waals surface area contributed by atoms with Crippen molar-refractivity contribution in [3.8, 4) is 0 Å². The molecule has 0 saturated carbocycles. The Morgan fingerprint density at radius 2 is 1.87 bits per heavy atom. The minimum absolute atomic E-state index is 0.0241. The molecule has 0 spiro atoms. The van der Waals surface area contributed by atoms with Crippen LogP contribution in [0.2, 0.25) is 5.02 Å². The van der Waals surface area contributed by atoms with Crippen LogP contribution in [0.3, 0.4) is 0 Å². The van der Waals surface area contributed by atoms with Crippen molar-refractivity contribution in [1.82, 2.24) is 4.72 Å². The lowest BCUT2D eigenvalue weighted by Crippen LogP contribution is -2.20. The summed E-state index contributed by atoms with van der Waals surface area (Å²) in [6.45, 7) is 1.60. The second-order valence-corrected chi connectivity index (χ2v) is 7.06. The molecule has 0 fully saturated rings. The Morgan fingerprint density at radius 3 is 2.48 bits per heavy atom. The summed E-state index contributed by atoms with van der Waals surface area (Å²) < 4.78 is 39.3. The van der Waals surface area contributed by atoms with E-state index in [2.05, 4.69) is 10.0 Å². The van der Waals surface area contributed by atoms with E-state index in [1.165, 1.54) is 31.3 Å². The van der Waals surface area contributed by atoms with E-state index in [0.29, 0.717) is 5.56 Å². The molecule has 2 aromatic rings. The Labute approximate surface area is 138 Å². The highest BCUT2D eigenvalue weighted by atomic mass is 35.5. The number of halogens is 2. The molecule has 0 aromatic heterocycles. The van der Waals surface area contributed by atoms with Crippen molar-refractivity contribution in [2.45, 2.75) is 11.8 Å². The van der Waals surface area contributed by atoms with Gasteiger partial charge in [-0.05, 0) is 49.9 Å². The minimum Gasteiger partial charge on any atom is -0.322 e. The van der Waals surface area contributed by atoms with Crippen molar-refractivity contribution in [3.05, 3.63) is 58.4 Å². The molecule has 0 unspecified atom stereocenters. The number of rotatable bonds is 4. The lowest BCUT2D eigenvalue weighted by atomic mass is 10.2. The van der Waals surface area contributed by atoms with Crippen molar-refractivity contribution in [2.24, 2.45) is 0 Å². The van der Waals surface area contributed by atoms with Gasteiger partial charge in [0, 0.05) is 5.69 Å². The molecule has 2 rings (SSSR count). The molecule has 0 saturated heterocycles. The quantitative estimate of drug-likeness (QED) is 0.884. The summed E-state index contributed by atoms with van der Waals surface area (Å²) in [5.41, 5.74) is 0.670. The highest BCUT2D eigenvalue weighted by Gasteiger charge is 2.17. The summed E-state index contributed by atoms with van der Waals surface area (Å²) in [6, 6.07) is 8.00. The molecule has 8 heteroatoms. The largest absolute Gasteiger partial charge is 0.322 e. The Bertz CT molecular complexity index is 869. The van der Waals surface area contributed by atoms with Gasteiger partial charge in [-0.15, -0.1) is 0 Å². The van der Waals surface area contributed by atoms with Crippen molar-refractivity contribution >= 4 is 33.2 Å². The van der Waals surface area contributed by atoms with Crippen molar-refractivity contribution in [2.75, 3.05) is 12.4 Å². The van der Waals surface area contributed by atoms with Crippen LogP contribution in [-0.4, -0.2) is 21.4 Å². The summed E-state index contributed by atoms with van der Waals surface area (Å²) >= 11 is 5.96. The monoisotopic (exact) mass is 356 g/mol. The van der Waals surface area contributed by atoms with E-state index >= 15 is 0 Å². The molecule has 0 aliphatic rings. The van der Waals surface area contributed by atoms with Crippen LogP contribution in [0, 0.1) is 12.7 Å². The van der Waals surface area contributed by atoms with Crippen LogP contribution in [-0.2, 0) is 10.0 Å². The van der Waals surface area contributed by atoms with Gasteiger partial charge in [0.15, 0.2) is 0 Å². The summed E-state index contributed by atoms with van der Waals surface area (Å²) in [4.78, 5) is 12.2. The number of aryl methyl sites for hydroxylation is 1. The van der Waals surface area contributed by atoms with Gasteiger partial charge >= 0.3 is 0 Å². The first-order chi connectivity index (χ1) is 10.7. The normalized spacial score (nSPS) is 11.3. The summed E-state index contributed by atoms with van der Waals surface area (Å²) in [5, 5.41) is 2.57. The summed E-state index contributed by atoms with van der Waals surface area (Å²) in [5.74, 6) is -1.09. The van der Waals surface area contributed by atoms with Crippen LogP contribution in [0.25, 0.3) is 0 Å². The van der Waals surface area contributed by atoms with Crippen LogP contribution in [0.4, 0.5) is 10.1 Å². The van der Waals surface area contributed by atoms with Gasteiger partial charge in [-0.1, -0.05) is 17.7 Å². The SMILES string of the molecule is CNS(=O)(=O)c1ccc(Cl)c(C(=O)Nc2ccc(C)c(F)c2)c1. The van der Waals surface area contributed by atoms with Crippen molar-refractivity contribution in [1.29, 1.82) is 0 Å². The Balaban J connectivity index is 2.35. The highest BCUT2D eigenvalue weighted by Crippen LogP contribution is 2.22. The Hall–Kier alpha value is -1.96. The molecule has 5 nitrogen and oxygen atoms in total. The molecule has 23 heavy (non-hydrogen) atoms. The van der Waals surface area contributed by atoms with Crippen LogP contribution >= 0.6 is 11.6 Å². The van der Waals surface area contributed by atoms with Crippen LogP contribution in [0.5, 0.6) is 0 Å². The third-order valence-electron chi connectivity index (χ3n) is 3.19. The molecule has 0 aliphatic heterocycles. The molecule has 0 heterocycles. The summed E-state index contributed by atoms with van der Waals surface area (Å²) in [7, 11) is -2.44. The Kier molecular flexibility index (Phi) is 5.03. The molecule has 2 aromatic carbocycles. The van der Waals surface area contributed by atoms with Gasteiger partial charge < -0.3 is 5.32 Å². The molecule has 2 N–H and O–H groups in total. The van der Waals surface area contributed by atoms with E-state index in [0.717, 1.165) is 6.07 Å². The van der Waals surface area contributed by atoms with Crippen molar-refractivity contribution < 1.29 is 17.6 Å². The zero-order chi connectivity index (χ0) is 17.2. The number of carbonyl (C=O) groups excluding carboxylic acids is 1. The minimum atomic E-state index is -3.70. The lowest BCUT2D eigenvalue weighted by Gasteiger charge is -2.10. The van der Waals surface area contributed by atoms with E-state index in [4.69, 9.17) is 11.6 Å². The fraction of sp³-hybridized carbons (Fsp3) is 0.133. The topological polar surface area (TPSA) is 75.3 Å². The van der Waals surface area contributed by atoms with Crippen molar-refractivity contribution in [3.63, 3.8) is 0 Å². The second kappa shape index (κ2) is 6.66. The van der Waals surface area contributed by atoms with E-state index in [-0.39, 0.29) is 21.2 Å². The van der Waals surface area contributed by atoms with Gasteiger partial charge in [0.05, 0.1) is 15.5 Å². The van der Waals surface area contributed by atoms with E-state index in [1.807, 2.05) is 0 Å². The first kappa shape index (κ1) is 17.4. The van der Waals surface area contributed by atoms with Crippen LogP contribution in [0.15, 0.2) is 41.3 Å². The molecule has 0 radical (unpaired) electrons. The number of hydrogen-bond donors (Lipinski definition) is 2. The van der Waals surface area contributed by atoms with Crippen LogP contribution in [0.1, 0.15) is 15.9 Å². The smallest absolute Gasteiger partial charge is 0.257 e. The van der Waals surface area contributed by atoms with E-state index in [1.54, 1.807) is 13.0 Å². The molecule has 0 atom stereocenters. The lowest BCUT2D eigenvalue weighted by molar-refractivity contribution is 0.102. The highest BCUT2D eigenvalue weighted by molar-refractivity contribution is 7.89. The Morgan fingerprint density at radius 1 is 1.17 bits per heavy atom. The fourth-order valence-corrected chi connectivity index (χ4v) is 2.79. The average molecular weight is 357 g/mol. The number of benzene rings is 2. The zero-order valence-electron chi connectivity index (χ0n) is 12.4. The van der Waals surface area contributed by atoms with Gasteiger partial charge in [0.25, 0.3) is 5.91 Å². The van der Waals surface area contributed by atoms with Gasteiger partial charge in [-0.2, -0.15) is 0 Å². The van der Waals surface area contributed by atoms with E-state index in [9.17, 15) is 17.6 Å². The number of sulfonamides is 1. The van der Waals surface area contributed by atoms with Gasteiger partial charge in [0.1, 0.15) is 5.82 Å². The van der Waals surface area contributed by atoms with Gasteiger partial charge in [-0.25, -0.2) is 17.5 Å². The number of amides is 1. The number of carbonyl (C=O) groups is 1. The molecule has 0 aliphatic carbocycles. The average Bonchev–Trinajstić information content (AvgIpc) is 2.51. The summed E-state index contributed by atoms with van der Waals surface area (Å²) in [6.07, 6.45) is 0. The third-order valence-corrected chi connectivity index (χ3v) is 4.93. The first-order valence-electron chi connectivity index (χ1n) is 6.55. The van der Waals surface area contributed by atoms with Crippen LogP contribution < -0.4 is 10.0 Å². The maximum Gasteiger partial charge on any atom is 0.257 e. The molecule has 0 bridgehead atoms. The first-order valence-corrected chi connectivity index (χ1v) is 8.41.